The molecule has 1 rings (SSSR count). The molecule has 1 aromatic rings. The van der Waals surface area contributed by atoms with Gasteiger partial charge in [0.15, 0.2) is 0 Å². The summed E-state index contributed by atoms with van der Waals surface area (Å²) in [6, 6.07) is 1.78. The zero-order valence-corrected chi connectivity index (χ0v) is 4.55. The van der Waals surface area contributed by atoms with Crippen LogP contribution < -0.4 is 0 Å². The summed E-state index contributed by atoms with van der Waals surface area (Å²) >= 11 is 0. The van der Waals surface area contributed by atoms with Crippen molar-refractivity contribution in [1.82, 2.24) is 9.97 Å². The highest BCUT2D eigenvalue weighted by Gasteiger charge is 1.59. The fourth-order valence-electron chi connectivity index (χ4n) is 0.253. The molecular formula is C4H4N5-. The number of nitrogens with zero attached hydrogens (tertiary/aromatic N) is 5. The quantitative estimate of drug-likeness (QED) is 0.295. The van der Waals surface area contributed by atoms with Crippen LogP contribution in [0.3, 0.4) is 0 Å². The second-order valence-corrected chi connectivity index (χ2v) is 0.994. The molecule has 0 spiro atoms. The van der Waals surface area contributed by atoms with Crippen molar-refractivity contribution in [2.45, 2.75) is 0 Å². The lowest BCUT2D eigenvalue weighted by Gasteiger charge is -1.70. The largest absolute Gasteiger partial charge is 0.373 e. The molecule has 0 saturated heterocycles. The van der Waals surface area contributed by atoms with Crippen molar-refractivity contribution < 1.29 is 0 Å². The molecule has 0 aliphatic carbocycles. The first-order valence-corrected chi connectivity index (χ1v) is 2.10. The minimum absolute atomic E-state index is 1.50. The molecule has 1 aromatic heterocycles. The van der Waals surface area contributed by atoms with Crippen LogP contribution >= 0.6 is 0 Å². The van der Waals surface area contributed by atoms with Gasteiger partial charge in [0.1, 0.15) is 6.33 Å². The molecule has 1 heterocycles. The van der Waals surface area contributed by atoms with E-state index in [4.69, 9.17) is 11.1 Å². The Morgan fingerprint density at radius 1 is 1.11 bits per heavy atom. The molecule has 0 fully saturated rings. The summed E-state index contributed by atoms with van der Waals surface area (Å²) in [5.74, 6) is 0. The second kappa shape index (κ2) is 6.39. The van der Waals surface area contributed by atoms with Crippen LogP contribution in [0.4, 0.5) is 0 Å². The van der Waals surface area contributed by atoms with Gasteiger partial charge in [-0.15, -0.1) is 0 Å². The van der Waals surface area contributed by atoms with Crippen molar-refractivity contribution in [1.29, 1.82) is 0 Å². The van der Waals surface area contributed by atoms with E-state index in [1.165, 1.54) is 11.2 Å². The smallest absolute Gasteiger partial charge is 0.115 e. The lowest BCUT2D eigenvalue weighted by atomic mass is 10.7. The third-order valence-electron chi connectivity index (χ3n) is 0.478. The Hall–Kier alpha value is -1.61. The summed E-state index contributed by atoms with van der Waals surface area (Å²) in [5, 5.41) is 0. The van der Waals surface area contributed by atoms with E-state index in [2.05, 4.69) is 9.97 Å². The lowest BCUT2D eigenvalue weighted by Crippen LogP contribution is -1.66. The zero-order valence-electron chi connectivity index (χ0n) is 4.55. The van der Waals surface area contributed by atoms with Crippen molar-refractivity contribution in [3.05, 3.63) is 40.8 Å². The van der Waals surface area contributed by atoms with E-state index in [-0.39, 0.29) is 0 Å². The third kappa shape index (κ3) is 6.39. The van der Waals surface area contributed by atoms with Gasteiger partial charge in [0.25, 0.3) is 0 Å². The lowest BCUT2D eigenvalue weighted by molar-refractivity contribution is 1.17. The van der Waals surface area contributed by atoms with Crippen LogP contribution in [-0.2, 0) is 0 Å². The number of aromatic nitrogens is 2. The molecule has 0 radical (unpaired) electrons. The third-order valence-corrected chi connectivity index (χ3v) is 0.478. The minimum Gasteiger partial charge on any atom is -0.373 e. The Morgan fingerprint density at radius 2 is 1.56 bits per heavy atom. The molecule has 5 heteroatoms. The van der Waals surface area contributed by atoms with Crippen LogP contribution in [0.15, 0.2) is 24.8 Å². The molecule has 0 unspecified atom stereocenters. The molecule has 0 N–H and O–H groups in total. The monoisotopic (exact) mass is 122 g/mol. The highest BCUT2D eigenvalue weighted by atomic mass is 15.0. The Labute approximate surface area is 51.8 Å². The van der Waals surface area contributed by atoms with Crippen molar-refractivity contribution in [3.63, 3.8) is 0 Å². The van der Waals surface area contributed by atoms with E-state index in [9.17, 15) is 0 Å². The van der Waals surface area contributed by atoms with Gasteiger partial charge in [-0.25, -0.2) is 9.97 Å². The molecule has 0 aliphatic heterocycles. The van der Waals surface area contributed by atoms with Crippen molar-refractivity contribution in [2.75, 3.05) is 0 Å². The van der Waals surface area contributed by atoms with Gasteiger partial charge in [-0.3, -0.25) is 4.91 Å². The van der Waals surface area contributed by atoms with Gasteiger partial charge >= 0.3 is 0 Å². The van der Waals surface area contributed by atoms with Crippen molar-refractivity contribution in [3.8, 4) is 0 Å². The average molecular weight is 122 g/mol. The normalized spacial score (nSPS) is 6.22. The Morgan fingerprint density at radius 3 is 1.67 bits per heavy atom. The molecule has 0 aliphatic rings. The molecule has 5 nitrogen and oxygen atoms in total. The molecule has 9 heavy (non-hydrogen) atoms. The van der Waals surface area contributed by atoms with Crippen LogP contribution in [-0.4, -0.2) is 9.97 Å². The fourth-order valence-corrected chi connectivity index (χ4v) is 0.253. The first kappa shape index (κ1) is 7.39. The molecule has 0 bridgehead atoms. The summed E-state index contributed by atoms with van der Waals surface area (Å²) in [6.45, 7) is 0. The maximum Gasteiger partial charge on any atom is 0.115 e. The van der Waals surface area contributed by atoms with E-state index < -0.39 is 0 Å². The number of hydrogen-bond donors (Lipinski definition) is 0. The predicted molar refractivity (Wildman–Crippen MR) is 32.1 cm³/mol. The molecular weight excluding hydrogens is 118 g/mol. The SMILES string of the molecule is [N-]=[N+]=[N-].c1cncnc1. The summed E-state index contributed by atoms with van der Waals surface area (Å²) in [6.07, 6.45) is 4.88. The maximum atomic E-state index is 6.75. The van der Waals surface area contributed by atoms with Gasteiger partial charge in [-0.2, -0.15) is 0 Å². The molecule has 0 aromatic carbocycles. The molecule has 0 amide bonds. The summed E-state index contributed by atoms with van der Waals surface area (Å²) < 4.78 is 0. The number of rotatable bonds is 0. The summed E-state index contributed by atoms with van der Waals surface area (Å²) in [5.41, 5.74) is 13.5. The van der Waals surface area contributed by atoms with E-state index in [0.29, 0.717) is 0 Å². The highest BCUT2D eigenvalue weighted by Crippen LogP contribution is 1.66. The van der Waals surface area contributed by atoms with E-state index in [0.717, 1.165) is 0 Å². The Bertz CT molecular complexity index is 139. The highest BCUT2D eigenvalue weighted by molar-refractivity contribution is 4.74. The van der Waals surface area contributed by atoms with Gasteiger partial charge in [-0.1, -0.05) is 0 Å². The summed E-state index contributed by atoms with van der Waals surface area (Å²) in [7, 11) is 0. The zero-order chi connectivity index (χ0) is 6.95. The minimum atomic E-state index is 1.50. The first-order valence-electron chi connectivity index (χ1n) is 2.10. The van der Waals surface area contributed by atoms with Crippen LogP contribution in [0.5, 0.6) is 0 Å². The second-order valence-electron chi connectivity index (χ2n) is 0.994. The van der Waals surface area contributed by atoms with Gasteiger partial charge in [-0.05, 0) is 6.07 Å². The fraction of sp³-hybridized carbons (Fsp3) is 0. The van der Waals surface area contributed by atoms with Gasteiger partial charge in [0.2, 0.25) is 0 Å². The van der Waals surface area contributed by atoms with Crippen LogP contribution in [0.2, 0.25) is 0 Å². The Balaban J connectivity index is 0.000000187. The van der Waals surface area contributed by atoms with Gasteiger partial charge < -0.3 is 11.1 Å². The van der Waals surface area contributed by atoms with E-state index >= 15 is 0 Å². The molecule has 0 atom stereocenters. The first-order chi connectivity index (χ1) is 4.41. The topological polar surface area (TPSA) is 84.5 Å². The van der Waals surface area contributed by atoms with E-state index in [1.807, 2.05) is 0 Å². The van der Waals surface area contributed by atoms with Crippen molar-refractivity contribution >= 4 is 0 Å². The average Bonchev–Trinajstić information content (AvgIpc) is 1.93. The van der Waals surface area contributed by atoms with Crippen LogP contribution in [0.25, 0.3) is 16.0 Å². The van der Waals surface area contributed by atoms with Gasteiger partial charge in [0, 0.05) is 12.4 Å². The molecule has 46 valence electrons. The van der Waals surface area contributed by atoms with Crippen LogP contribution in [0.1, 0.15) is 0 Å². The van der Waals surface area contributed by atoms with Crippen LogP contribution in [0, 0.1) is 0 Å². The standard InChI is InChI=1S/C4H4N2.N3/c1-2-5-4-6-3-1;1-3-2/h1-4H;/q;-1. The van der Waals surface area contributed by atoms with Gasteiger partial charge in [0.05, 0.1) is 0 Å². The van der Waals surface area contributed by atoms with Crippen molar-refractivity contribution in [2.24, 2.45) is 0 Å². The number of hydrogen-bond acceptors (Lipinski definition) is 2. The predicted octanol–water partition coefficient (Wildman–Crippen LogP) is 1.34. The maximum absolute atomic E-state index is 6.75. The Kier molecular flexibility index (Phi) is 5.25. The molecule has 0 saturated carbocycles. The summed E-state index contributed by atoms with van der Waals surface area (Å²) in [4.78, 5) is 8.85. The van der Waals surface area contributed by atoms with E-state index in [1.54, 1.807) is 18.5 Å².